The number of nitrogens with zero attached hydrogens (tertiary/aromatic N) is 2. The van der Waals surface area contributed by atoms with E-state index in [9.17, 15) is 9.59 Å². The molecular weight excluding hydrogens is 344 g/mol. The first-order chi connectivity index (χ1) is 12.7. The maximum Gasteiger partial charge on any atom is 0.293 e. The van der Waals surface area contributed by atoms with Gasteiger partial charge in [-0.05, 0) is 47.2 Å². The van der Waals surface area contributed by atoms with Crippen molar-refractivity contribution in [2.45, 2.75) is 6.54 Å². The lowest BCUT2D eigenvalue weighted by Crippen LogP contribution is -2.27. The third-order valence-corrected chi connectivity index (χ3v) is 5.03. The molecule has 0 N–H and O–H groups in total. The van der Waals surface area contributed by atoms with E-state index in [1.807, 2.05) is 83.7 Å². The fourth-order valence-electron chi connectivity index (χ4n) is 2.81. The molecule has 26 heavy (non-hydrogen) atoms. The van der Waals surface area contributed by atoms with E-state index < -0.39 is 0 Å². The minimum atomic E-state index is -0.240. The van der Waals surface area contributed by atoms with Crippen LogP contribution in [0.4, 0.5) is 4.79 Å². The van der Waals surface area contributed by atoms with Crippen LogP contribution in [0.15, 0.2) is 84.0 Å². The number of benzene rings is 2. The van der Waals surface area contributed by atoms with Crippen LogP contribution in [0.5, 0.6) is 0 Å². The molecule has 4 rings (SSSR count). The lowest BCUT2D eigenvalue weighted by molar-refractivity contribution is -0.123. The van der Waals surface area contributed by atoms with Crippen LogP contribution in [0.2, 0.25) is 0 Å². The molecular formula is C21H16N2O2S. The fraction of sp³-hybridized carbons (Fsp3) is 0.0476. The standard InChI is InChI=1S/C21H16N2O2S/c24-20-19(26-21(25)23(20)15-16-7-3-1-4-8-16)13-17-11-12-22(14-17)18-9-5-2-6-10-18/h1-14H,15H2/b19-13+. The van der Waals surface area contributed by atoms with Crippen LogP contribution >= 0.6 is 11.8 Å². The summed E-state index contributed by atoms with van der Waals surface area (Å²) in [7, 11) is 0. The van der Waals surface area contributed by atoms with Crippen LogP contribution in [-0.4, -0.2) is 20.6 Å². The molecule has 1 fully saturated rings. The van der Waals surface area contributed by atoms with Gasteiger partial charge in [0, 0.05) is 18.1 Å². The summed E-state index contributed by atoms with van der Waals surface area (Å²) in [5, 5.41) is -0.229. The average Bonchev–Trinajstić information content (AvgIpc) is 3.24. The van der Waals surface area contributed by atoms with Crippen LogP contribution < -0.4 is 0 Å². The quantitative estimate of drug-likeness (QED) is 0.633. The molecule has 1 aliphatic rings. The topological polar surface area (TPSA) is 42.3 Å². The zero-order valence-corrected chi connectivity index (χ0v) is 14.7. The Balaban J connectivity index is 1.54. The van der Waals surface area contributed by atoms with E-state index in [2.05, 4.69) is 0 Å². The van der Waals surface area contributed by atoms with Crippen LogP contribution in [0, 0.1) is 0 Å². The van der Waals surface area contributed by atoms with Crippen molar-refractivity contribution in [1.82, 2.24) is 9.47 Å². The van der Waals surface area contributed by atoms with Gasteiger partial charge in [-0.2, -0.15) is 0 Å². The lowest BCUT2D eigenvalue weighted by Gasteiger charge is -2.11. The van der Waals surface area contributed by atoms with Gasteiger partial charge in [-0.1, -0.05) is 48.5 Å². The average molecular weight is 360 g/mol. The van der Waals surface area contributed by atoms with E-state index in [1.165, 1.54) is 4.90 Å². The maximum absolute atomic E-state index is 12.6. The molecule has 5 heteroatoms. The van der Waals surface area contributed by atoms with Gasteiger partial charge in [0.25, 0.3) is 11.1 Å². The Morgan fingerprint density at radius 2 is 1.58 bits per heavy atom. The summed E-state index contributed by atoms with van der Waals surface area (Å²) >= 11 is 0.990. The summed E-state index contributed by atoms with van der Waals surface area (Å²) in [6, 6.07) is 21.4. The minimum absolute atomic E-state index is 0.229. The SMILES string of the molecule is O=C1S/C(=C/c2ccn(-c3ccccc3)c2)C(=O)N1Cc1ccccc1. The molecule has 3 aromatic rings. The Labute approximate surface area is 155 Å². The van der Waals surface area contributed by atoms with Gasteiger partial charge >= 0.3 is 0 Å². The number of amides is 2. The molecule has 0 atom stereocenters. The number of thioether (sulfide) groups is 1. The van der Waals surface area contributed by atoms with E-state index in [0.29, 0.717) is 11.4 Å². The predicted molar refractivity (Wildman–Crippen MR) is 104 cm³/mol. The fourth-order valence-corrected chi connectivity index (χ4v) is 3.65. The molecule has 2 amide bonds. The molecule has 1 aromatic heterocycles. The highest BCUT2D eigenvalue weighted by atomic mass is 32.2. The lowest BCUT2D eigenvalue weighted by atomic mass is 10.2. The van der Waals surface area contributed by atoms with Gasteiger partial charge in [0.2, 0.25) is 0 Å². The summed E-state index contributed by atoms with van der Waals surface area (Å²) in [6.07, 6.45) is 5.66. The number of imide groups is 1. The van der Waals surface area contributed by atoms with Gasteiger partial charge in [0.05, 0.1) is 11.4 Å². The normalized spacial score (nSPS) is 15.8. The Morgan fingerprint density at radius 1 is 0.885 bits per heavy atom. The first kappa shape index (κ1) is 16.4. The zero-order chi connectivity index (χ0) is 17.9. The van der Waals surface area contributed by atoms with Crippen LogP contribution in [0.25, 0.3) is 11.8 Å². The maximum atomic E-state index is 12.6. The van der Waals surface area contributed by atoms with Crippen molar-refractivity contribution in [1.29, 1.82) is 0 Å². The first-order valence-electron chi connectivity index (χ1n) is 8.23. The van der Waals surface area contributed by atoms with Crippen molar-refractivity contribution in [2.24, 2.45) is 0 Å². The zero-order valence-electron chi connectivity index (χ0n) is 13.9. The molecule has 128 valence electrons. The van der Waals surface area contributed by atoms with Crippen molar-refractivity contribution in [3.05, 3.63) is 95.2 Å². The summed E-state index contributed by atoms with van der Waals surface area (Å²) in [6.45, 7) is 0.299. The van der Waals surface area contributed by atoms with Gasteiger partial charge in [-0.15, -0.1) is 0 Å². The van der Waals surface area contributed by atoms with Gasteiger partial charge in [0.15, 0.2) is 0 Å². The van der Waals surface area contributed by atoms with Crippen LogP contribution in [-0.2, 0) is 11.3 Å². The highest BCUT2D eigenvalue weighted by Crippen LogP contribution is 2.33. The molecule has 0 aliphatic carbocycles. The highest BCUT2D eigenvalue weighted by Gasteiger charge is 2.34. The van der Waals surface area contributed by atoms with E-state index in [4.69, 9.17) is 0 Å². The Morgan fingerprint density at radius 3 is 2.31 bits per heavy atom. The second-order valence-corrected chi connectivity index (χ2v) is 6.93. The van der Waals surface area contributed by atoms with E-state index in [0.717, 1.165) is 28.6 Å². The molecule has 0 radical (unpaired) electrons. The number of aromatic nitrogens is 1. The predicted octanol–water partition coefficient (Wildman–Crippen LogP) is 4.71. The Hall–Kier alpha value is -3.05. The molecule has 0 bridgehead atoms. The van der Waals surface area contributed by atoms with E-state index >= 15 is 0 Å². The van der Waals surface area contributed by atoms with Crippen molar-refractivity contribution in [3.63, 3.8) is 0 Å². The Kier molecular flexibility index (Phi) is 4.46. The highest BCUT2D eigenvalue weighted by molar-refractivity contribution is 8.18. The third-order valence-electron chi connectivity index (χ3n) is 4.12. The number of carbonyl (C=O) groups is 2. The monoisotopic (exact) mass is 360 g/mol. The van der Waals surface area contributed by atoms with E-state index in [-0.39, 0.29) is 11.1 Å². The Bertz CT molecular complexity index is 978. The van der Waals surface area contributed by atoms with Crippen molar-refractivity contribution >= 4 is 29.0 Å². The molecule has 0 unspecified atom stereocenters. The van der Waals surface area contributed by atoms with Gasteiger partial charge in [-0.25, -0.2) is 0 Å². The molecule has 2 heterocycles. The van der Waals surface area contributed by atoms with Crippen LogP contribution in [0.1, 0.15) is 11.1 Å². The summed E-state index contributed by atoms with van der Waals surface area (Å²) in [5.74, 6) is -0.240. The second kappa shape index (κ2) is 7.06. The number of hydrogen-bond acceptors (Lipinski definition) is 3. The van der Waals surface area contributed by atoms with Gasteiger partial charge in [-0.3, -0.25) is 14.5 Å². The minimum Gasteiger partial charge on any atom is -0.323 e. The summed E-state index contributed by atoms with van der Waals surface area (Å²) < 4.78 is 1.99. The number of carbonyl (C=O) groups excluding carboxylic acids is 2. The molecule has 2 aromatic carbocycles. The second-order valence-electron chi connectivity index (χ2n) is 5.94. The van der Waals surface area contributed by atoms with Crippen molar-refractivity contribution in [3.8, 4) is 5.69 Å². The molecule has 1 saturated heterocycles. The van der Waals surface area contributed by atoms with Gasteiger partial charge in [0.1, 0.15) is 0 Å². The van der Waals surface area contributed by atoms with E-state index in [1.54, 1.807) is 6.08 Å². The molecule has 1 aliphatic heterocycles. The largest absolute Gasteiger partial charge is 0.323 e. The van der Waals surface area contributed by atoms with Crippen molar-refractivity contribution in [2.75, 3.05) is 0 Å². The number of rotatable bonds is 4. The summed E-state index contributed by atoms with van der Waals surface area (Å²) in [5.41, 5.74) is 2.87. The van der Waals surface area contributed by atoms with Crippen molar-refractivity contribution < 1.29 is 9.59 Å². The van der Waals surface area contributed by atoms with Crippen LogP contribution in [0.3, 0.4) is 0 Å². The molecule has 4 nitrogen and oxygen atoms in total. The number of para-hydroxylation sites is 1. The third kappa shape index (κ3) is 3.34. The smallest absolute Gasteiger partial charge is 0.293 e. The summed E-state index contributed by atoms with van der Waals surface area (Å²) in [4.78, 5) is 26.6. The molecule has 0 saturated carbocycles. The van der Waals surface area contributed by atoms with Gasteiger partial charge < -0.3 is 4.57 Å². The first-order valence-corrected chi connectivity index (χ1v) is 9.05. The number of hydrogen-bond donors (Lipinski definition) is 0. The molecule has 0 spiro atoms.